The van der Waals surface area contributed by atoms with E-state index in [0.29, 0.717) is 18.1 Å². The van der Waals surface area contributed by atoms with Gasteiger partial charge >= 0.3 is 0 Å². The van der Waals surface area contributed by atoms with E-state index in [1.165, 1.54) is 0 Å². The van der Waals surface area contributed by atoms with E-state index in [0.717, 1.165) is 5.69 Å². The van der Waals surface area contributed by atoms with Crippen molar-refractivity contribution in [3.05, 3.63) is 34.9 Å². The molecule has 3 N–H and O–H groups in total. The molecule has 2 rings (SSSR count). The Morgan fingerprint density at radius 2 is 2.36 bits per heavy atom. The number of anilines is 2. The summed E-state index contributed by atoms with van der Waals surface area (Å²) in [5, 5.41) is 5.12. The lowest BCUT2D eigenvalue weighted by Crippen LogP contribution is -2.04. The molecule has 0 amide bonds. The van der Waals surface area contributed by atoms with Gasteiger partial charge in [-0.2, -0.15) is 0 Å². The Labute approximate surface area is 85.8 Å². The van der Waals surface area contributed by atoms with Crippen molar-refractivity contribution < 1.29 is 0 Å². The molecule has 5 heteroatoms. The minimum absolute atomic E-state index is 0.655. The van der Waals surface area contributed by atoms with Gasteiger partial charge in [0, 0.05) is 11.6 Å². The Kier molecular flexibility index (Phi) is 2.60. The predicted octanol–water partition coefficient (Wildman–Crippen LogP) is 1.73. The number of nitrogens with two attached hydrogens (primary N) is 1. The fraction of sp³-hybridized carbons (Fsp3) is 0.111. The van der Waals surface area contributed by atoms with Crippen LogP contribution < -0.4 is 11.1 Å². The summed E-state index contributed by atoms with van der Waals surface area (Å²) in [6.45, 7) is 0.657. The molecule has 0 atom stereocenters. The molecular formula is C9H10N4S. The Bertz CT molecular complexity index is 399. The van der Waals surface area contributed by atoms with Gasteiger partial charge < -0.3 is 11.1 Å². The number of nitrogens with zero attached hydrogens (tertiary/aromatic N) is 2. The monoisotopic (exact) mass is 206 g/mol. The third-order valence-corrected chi connectivity index (χ3v) is 2.39. The van der Waals surface area contributed by atoms with Crippen LogP contribution in [0.25, 0.3) is 0 Å². The quantitative estimate of drug-likeness (QED) is 0.802. The zero-order valence-corrected chi connectivity index (χ0v) is 8.29. The summed E-state index contributed by atoms with van der Waals surface area (Å²) >= 11 is 1.58. The van der Waals surface area contributed by atoms with E-state index in [4.69, 9.17) is 5.73 Å². The van der Waals surface area contributed by atoms with Gasteiger partial charge in [-0.3, -0.25) is 0 Å². The molecule has 4 nitrogen and oxygen atoms in total. The van der Waals surface area contributed by atoms with E-state index in [1.807, 2.05) is 17.5 Å². The lowest BCUT2D eigenvalue weighted by molar-refractivity contribution is 1.05. The largest absolute Gasteiger partial charge is 0.396 e. The maximum absolute atomic E-state index is 5.72. The summed E-state index contributed by atoms with van der Waals surface area (Å²) in [5.41, 5.74) is 9.18. The summed E-state index contributed by atoms with van der Waals surface area (Å²) in [5.74, 6) is 0.709. The lowest BCUT2D eigenvalue weighted by atomic mass is 10.4. The van der Waals surface area contributed by atoms with E-state index in [9.17, 15) is 0 Å². The normalized spacial score (nSPS) is 10.0. The highest BCUT2D eigenvalue weighted by Gasteiger charge is 1.99. The molecule has 0 bridgehead atoms. The average molecular weight is 206 g/mol. The van der Waals surface area contributed by atoms with Gasteiger partial charge in [0.2, 0.25) is 0 Å². The van der Waals surface area contributed by atoms with Gasteiger partial charge in [0.1, 0.15) is 5.82 Å². The van der Waals surface area contributed by atoms with Crippen molar-refractivity contribution in [1.29, 1.82) is 0 Å². The summed E-state index contributed by atoms with van der Waals surface area (Å²) in [6.07, 6.45) is 1.71. The molecule has 0 spiro atoms. The number of hydrogen-bond donors (Lipinski definition) is 2. The molecule has 2 aromatic rings. The molecule has 14 heavy (non-hydrogen) atoms. The average Bonchev–Trinajstić information content (AvgIpc) is 2.69. The van der Waals surface area contributed by atoms with Gasteiger partial charge in [0.25, 0.3) is 0 Å². The van der Waals surface area contributed by atoms with Crippen LogP contribution in [0.3, 0.4) is 0 Å². The van der Waals surface area contributed by atoms with Gasteiger partial charge in [-0.05, 0) is 12.1 Å². The van der Waals surface area contributed by atoms with Crippen molar-refractivity contribution >= 4 is 22.8 Å². The van der Waals surface area contributed by atoms with Crippen LogP contribution >= 0.6 is 11.3 Å². The molecule has 2 aromatic heterocycles. The highest BCUT2D eigenvalue weighted by molar-refractivity contribution is 7.07. The van der Waals surface area contributed by atoms with Crippen LogP contribution in [0, 0.1) is 0 Å². The number of nitrogen functional groups attached to an aromatic ring is 1. The molecule has 2 heterocycles. The van der Waals surface area contributed by atoms with Crippen LogP contribution in [0.1, 0.15) is 5.69 Å². The third-order valence-electron chi connectivity index (χ3n) is 1.76. The molecule has 0 aliphatic heterocycles. The topological polar surface area (TPSA) is 63.8 Å². The summed E-state index contributed by atoms with van der Waals surface area (Å²) in [4.78, 5) is 8.27. The van der Waals surface area contributed by atoms with E-state index >= 15 is 0 Å². The standard InChI is InChI=1S/C9H10N4S/c10-8-2-1-3-11-9(8)12-4-7-5-14-6-13-7/h1-3,5-6H,4,10H2,(H,11,12). The minimum atomic E-state index is 0.655. The first-order valence-electron chi connectivity index (χ1n) is 4.17. The van der Waals surface area contributed by atoms with Gasteiger partial charge in [0.05, 0.1) is 23.4 Å². The molecule has 0 aliphatic carbocycles. The van der Waals surface area contributed by atoms with Gasteiger partial charge in [0.15, 0.2) is 0 Å². The molecule has 72 valence electrons. The van der Waals surface area contributed by atoms with E-state index in [1.54, 1.807) is 23.0 Å². The lowest BCUT2D eigenvalue weighted by Gasteiger charge is -2.05. The van der Waals surface area contributed by atoms with Crippen molar-refractivity contribution in [3.63, 3.8) is 0 Å². The smallest absolute Gasteiger partial charge is 0.149 e. The second kappa shape index (κ2) is 4.06. The first-order valence-corrected chi connectivity index (χ1v) is 5.12. The Morgan fingerprint density at radius 1 is 1.43 bits per heavy atom. The zero-order chi connectivity index (χ0) is 9.80. The Morgan fingerprint density at radius 3 is 3.07 bits per heavy atom. The fourth-order valence-corrected chi connectivity index (χ4v) is 1.62. The Hall–Kier alpha value is -1.62. The Balaban J connectivity index is 2.02. The summed E-state index contributed by atoms with van der Waals surface area (Å²) in [6, 6.07) is 3.62. The molecule has 0 fully saturated rings. The number of thiazole rings is 1. The number of hydrogen-bond acceptors (Lipinski definition) is 5. The van der Waals surface area contributed by atoms with Crippen LogP contribution in [-0.4, -0.2) is 9.97 Å². The van der Waals surface area contributed by atoms with Crippen molar-refractivity contribution in [2.75, 3.05) is 11.1 Å². The summed E-state index contributed by atoms with van der Waals surface area (Å²) in [7, 11) is 0. The van der Waals surface area contributed by atoms with Crippen LogP contribution in [0.15, 0.2) is 29.2 Å². The van der Waals surface area contributed by atoms with Crippen LogP contribution in [-0.2, 0) is 6.54 Å². The first kappa shape index (κ1) is 8.96. The van der Waals surface area contributed by atoms with E-state index in [-0.39, 0.29) is 0 Å². The minimum Gasteiger partial charge on any atom is -0.396 e. The highest BCUT2D eigenvalue weighted by atomic mass is 32.1. The molecule has 0 unspecified atom stereocenters. The second-order valence-corrected chi connectivity index (χ2v) is 3.49. The van der Waals surface area contributed by atoms with Gasteiger partial charge in [-0.1, -0.05) is 0 Å². The van der Waals surface area contributed by atoms with Crippen LogP contribution in [0.2, 0.25) is 0 Å². The molecule has 0 aromatic carbocycles. The maximum atomic E-state index is 5.72. The SMILES string of the molecule is Nc1cccnc1NCc1cscn1. The molecule has 0 radical (unpaired) electrons. The first-order chi connectivity index (χ1) is 6.86. The second-order valence-electron chi connectivity index (χ2n) is 2.77. The fourth-order valence-electron chi connectivity index (χ4n) is 1.06. The van der Waals surface area contributed by atoms with Crippen LogP contribution in [0.4, 0.5) is 11.5 Å². The number of rotatable bonds is 3. The molecule has 0 saturated heterocycles. The third kappa shape index (κ3) is 2.00. The van der Waals surface area contributed by atoms with Crippen molar-refractivity contribution in [2.45, 2.75) is 6.54 Å². The molecule has 0 aliphatic rings. The maximum Gasteiger partial charge on any atom is 0.149 e. The van der Waals surface area contributed by atoms with Crippen molar-refractivity contribution in [1.82, 2.24) is 9.97 Å². The van der Waals surface area contributed by atoms with Crippen molar-refractivity contribution in [2.24, 2.45) is 0 Å². The van der Waals surface area contributed by atoms with Crippen molar-refractivity contribution in [3.8, 4) is 0 Å². The van der Waals surface area contributed by atoms with Crippen LogP contribution in [0.5, 0.6) is 0 Å². The van der Waals surface area contributed by atoms with Gasteiger partial charge in [-0.25, -0.2) is 9.97 Å². The number of pyridine rings is 1. The number of aromatic nitrogens is 2. The predicted molar refractivity (Wildman–Crippen MR) is 58.1 cm³/mol. The zero-order valence-electron chi connectivity index (χ0n) is 7.47. The highest BCUT2D eigenvalue weighted by Crippen LogP contribution is 2.14. The van der Waals surface area contributed by atoms with E-state index in [2.05, 4.69) is 15.3 Å². The molecule has 0 saturated carbocycles. The summed E-state index contributed by atoms with van der Waals surface area (Å²) < 4.78 is 0. The van der Waals surface area contributed by atoms with E-state index < -0.39 is 0 Å². The molecular weight excluding hydrogens is 196 g/mol. The number of nitrogens with one attached hydrogen (secondary N) is 1. The van der Waals surface area contributed by atoms with Gasteiger partial charge in [-0.15, -0.1) is 11.3 Å².